The lowest BCUT2D eigenvalue weighted by Crippen LogP contribution is -2.46. The van der Waals surface area contributed by atoms with Gasteiger partial charge in [0, 0.05) is 25.6 Å². The lowest BCUT2D eigenvalue weighted by atomic mass is 10.2. The standard InChI is InChI=1S/C12H20N2O3S/c1-11(10-12-6-5-9-17-12)13-18(15,16)14-7-3-2-4-8-14/h5-6,9,11,13H,2-4,7-8,10H2,1H3/t11-/m0/s1. The maximum Gasteiger partial charge on any atom is 0.279 e. The van der Waals surface area contributed by atoms with Crippen LogP contribution in [-0.4, -0.2) is 31.9 Å². The van der Waals surface area contributed by atoms with E-state index in [1.807, 2.05) is 13.0 Å². The van der Waals surface area contributed by atoms with Gasteiger partial charge in [-0.05, 0) is 31.9 Å². The lowest BCUT2D eigenvalue weighted by molar-refractivity contribution is 0.338. The van der Waals surface area contributed by atoms with E-state index in [1.54, 1.807) is 12.3 Å². The van der Waals surface area contributed by atoms with Gasteiger partial charge >= 0.3 is 0 Å². The molecule has 102 valence electrons. The molecular formula is C12H20N2O3S. The third kappa shape index (κ3) is 3.57. The average Bonchev–Trinajstić information content (AvgIpc) is 2.82. The molecule has 0 radical (unpaired) electrons. The summed E-state index contributed by atoms with van der Waals surface area (Å²) in [6, 6.07) is 3.50. The van der Waals surface area contributed by atoms with Crippen LogP contribution in [0.2, 0.25) is 0 Å². The van der Waals surface area contributed by atoms with Crippen LogP contribution in [0.1, 0.15) is 31.9 Å². The summed E-state index contributed by atoms with van der Waals surface area (Å²) in [6.07, 6.45) is 5.19. The van der Waals surface area contributed by atoms with E-state index in [0.29, 0.717) is 19.5 Å². The molecule has 1 saturated heterocycles. The average molecular weight is 272 g/mol. The minimum atomic E-state index is -3.34. The van der Waals surface area contributed by atoms with Crippen LogP contribution in [0.5, 0.6) is 0 Å². The molecule has 1 aliphatic heterocycles. The summed E-state index contributed by atoms with van der Waals surface area (Å²) in [5.41, 5.74) is 0. The number of rotatable bonds is 5. The normalized spacial score (nSPS) is 19.8. The quantitative estimate of drug-likeness (QED) is 0.884. The third-order valence-corrected chi connectivity index (χ3v) is 4.84. The fourth-order valence-electron chi connectivity index (χ4n) is 2.21. The second kappa shape index (κ2) is 5.86. The van der Waals surface area contributed by atoms with Gasteiger partial charge in [-0.3, -0.25) is 0 Å². The Kier molecular flexibility index (Phi) is 4.42. The van der Waals surface area contributed by atoms with Crippen molar-refractivity contribution in [2.75, 3.05) is 13.1 Å². The third-order valence-electron chi connectivity index (χ3n) is 3.09. The van der Waals surface area contributed by atoms with Crippen LogP contribution in [-0.2, 0) is 16.6 Å². The summed E-state index contributed by atoms with van der Waals surface area (Å²) in [6.45, 7) is 3.11. The van der Waals surface area contributed by atoms with Crippen molar-refractivity contribution in [1.82, 2.24) is 9.03 Å². The van der Waals surface area contributed by atoms with Crippen LogP contribution < -0.4 is 4.72 Å². The van der Waals surface area contributed by atoms with Crippen molar-refractivity contribution >= 4 is 10.2 Å². The Morgan fingerprint density at radius 1 is 1.39 bits per heavy atom. The summed E-state index contributed by atoms with van der Waals surface area (Å²) in [5, 5.41) is 0. The summed E-state index contributed by atoms with van der Waals surface area (Å²) in [7, 11) is -3.34. The molecule has 1 aliphatic rings. The predicted octanol–water partition coefficient (Wildman–Crippen LogP) is 1.53. The number of nitrogens with zero attached hydrogens (tertiary/aromatic N) is 1. The van der Waals surface area contributed by atoms with Gasteiger partial charge in [-0.2, -0.15) is 17.4 Å². The monoisotopic (exact) mass is 272 g/mol. The van der Waals surface area contributed by atoms with Crippen molar-refractivity contribution in [3.05, 3.63) is 24.2 Å². The topological polar surface area (TPSA) is 62.6 Å². The van der Waals surface area contributed by atoms with E-state index in [9.17, 15) is 8.42 Å². The van der Waals surface area contributed by atoms with Gasteiger partial charge in [-0.1, -0.05) is 6.42 Å². The molecule has 5 nitrogen and oxygen atoms in total. The first-order valence-corrected chi connectivity index (χ1v) is 7.82. The SMILES string of the molecule is C[C@@H](Cc1ccco1)NS(=O)(=O)N1CCCCC1. The molecule has 0 aliphatic carbocycles. The van der Waals surface area contributed by atoms with Crippen molar-refractivity contribution in [3.8, 4) is 0 Å². The Hall–Kier alpha value is -0.850. The molecule has 0 amide bonds. The van der Waals surface area contributed by atoms with Crippen molar-refractivity contribution in [1.29, 1.82) is 0 Å². The van der Waals surface area contributed by atoms with Crippen molar-refractivity contribution in [2.24, 2.45) is 0 Å². The first-order chi connectivity index (χ1) is 8.58. The zero-order valence-electron chi connectivity index (χ0n) is 10.6. The van der Waals surface area contributed by atoms with E-state index in [2.05, 4.69) is 4.72 Å². The maximum atomic E-state index is 12.1. The minimum absolute atomic E-state index is 0.164. The second-order valence-corrected chi connectivity index (χ2v) is 6.47. The van der Waals surface area contributed by atoms with Crippen LogP contribution in [0.3, 0.4) is 0 Å². The van der Waals surface area contributed by atoms with Crippen LogP contribution in [0, 0.1) is 0 Å². The highest BCUT2D eigenvalue weighted by atomic mass is 32.2. The Labute approximate surface area is 108 Å². The predicted molar refractivity (Wildman–Crippen MR) is 69.4 cm³/mol. The Bertz CT molecular complexity index is 450. The van der Waals surface area contributed by atoms with E-state index in [-0.39, 0.29) is 6.04 Å². The number of hydrogen-bond donors (Lipinski definition) is 1. The number of nitrogens with one attached hydrogen (secondary N) is 1. The van der Waals surface area contributed by atoms with Gasteiger partial charge in [0.15, 0.2) is 0 Å². The largest absolute Gasteiger partial charge is 0.469 e. The highest BCUT2D eigenvalue weighted by Crippen LogP contribution is 2.13. The molecule has 1 fully saturated rings. The van der Waals surface area contributed by atoms with Gasteiger partial charge in [-0.15, -0.1) is 0 Å². The van der Waals surface area contributed by atoms with Gasteiger partial charge in [-0.25, -0.2) is 0 Å². The van der Waals surface area contributed by atoms with E-state index in [1.165, 1.54) is 4.31 Å². The minimum Gasteiger partial charge on any atom is -0.469 e. The van der Waals surface area contributed by atoms with Crippen LogP contribution >= 0.6 is 0 Å². The Balaban J connectivity index is 1.90. The van der Waals surface area contributed by atoms with Crippen molar-refractivity contribution < 1.29 is 12.8 Å². The van der Waals surface area contributed by atoms with Crippen LogP contribution in [0.4, 0.5) is 0 Å². The van der Waals surface area contributed by atoms with Crippen molar-refractivity contribution in [2.45, 2.75) is 38.6 Å². The second-order valence-electron chi connectivity index (χ2n) is 4.77. The first kappa shape index (κ1) is 13.6. The number of hydrogen-bond acceptors (Lipinski definition) is 3. The Morgan fingerprint density at radius 3 is 2.72 bits per heavy atom. The lowest BCUT2D eigenvalue weighted by Gasteiger charge is -2.27. The smallest absolute Gasteiger partial charge is 0.279 e. The summed E-state index contributed by atoms with van der Waals surface area (Å²) in [5.74, 6) is 0.795. The van der Waals surface area contributed by atoms with Crippen LogP contribution in [0.25, 0.3) is 0 Å². The van der Waals surface area contributed by atoms with Gasteiger partial charge < -0.3 is 4.42 Å². The molecule has 1 aromatic rings. The summed E-state index contributed by atoms with van der Waals surface area (Å²) < 4.78 is 33.7. The maximum absolute atomic E-state index is 12.1. The molecule has 18 heavy (non-hydrogen) atoms. The molecule has 6 heteroatoms. The van der Waals surface area contributed by atoms with E-state index in [4.69, 9.17) is 4.42 Å². The molecule has 1 atom stereocenters. The molecule has 2 heterocycles. The molecule has 0 saturated carbocycles. The molecule has 1 aromatic heterocycles. The zero-order chi connectivity index (χ0) is 13.0. The van der Waals surface area contributed by atoms with E-state index < -0.39 is 10.2 Å². The van der Waals surface area contributed by atoms with Gasteiger partial charge in [0.05, 0.1) is 6.26 Å². The molecular weight excluding hydrogens is 252 g/mol. The van der Waals surface area contributed by atoms with Gasteiger partial charge in [0.25, 0.3) is 10.2 Å². The molecule has 0 bridgehead atoms. The number of furan rings is 1. The fourth-order valence-corrected chi connectivity index (χ4v) is 3.69. The highest BCUT2D eigenvalue weighted by molar-refractivity contribution is 7.87. The molecule has 2 rings (SSSR count). The molecule has 0 spiro atoms. The highest BCUT2D eigenvalue weighted by Gasteiger charge is 2.25. The van der Waals surface area contributed by atoms with Crippen LogP contribution in [0.15, 0.2) is 22.8 Å². The molecule has 0 unspecified atom stereocenters. The van der Waals surface area contributed by atoms with Gasteiger partial charge in [0.1, 0.15) is 5.76 Å². The first-order valence-electron chi connectivity index (χ1n) is 6.38. The fraction of sp³-hybridized carbons (Fsp3) is 0.667. The summed E-state index contributed by atoms with van der Waals surface area (Å²) in [4.78, 5) is 0. The van der Waals surface area contributed by atoms with Gasteiger partial charge in [0.2, 0.25) is 0 Å². The van der Waals surface area contributed by atoms with E-state index in [0.717, 1.165) is 25.0 Å². The van der Waals surface area contributed by atoms with Crippen molar-refractivity contribution in [3.63, 3.8) is 0 Å². The van der Waals surface area contributed by atoms with E-state index >= 15 is 0 Å². The zero-order valence-corrected chi connectivity index (χ0v) is 11.4. The molecule has 1 N–H and O–H groups in total. The Morgan fingerprint density at radius 2 is 2.11 bits per heavy atom. The summed E-state index contributed by atoms with van der Waals surface area (Å²) >= 11 is 0. The number of piperidine rings is 1. The molecule has 0 aromatic carbocycles.